The highest BCUT2D eigenvalue weighted by Crippen LogP contribution is 2.16. The van der Waals surface area contributed by atoms with Crippen molar-refractivity contribution in [3.63, 3.8) is 0 Å². The molecule has 0 aliphatic rings. The summed E-state index contributed by atoms with van der Waals surface area (Å²) in [6, 6.07) is 4.09. The summed E-state index contributed by atoms with van der Waals surface area (Å²) in [6.07, 6.45) is 2.43. The molecule has 0 spiro atoms. The van der Waals surface area contributed by atoms with Gasteiger partial charge >= 0.3 is 0 Å². The predicted molar refractivity (Wildman–Crippen MR) is 80.5 cm³/mol. The number of pyridine rings is 1. The normalized spacial score (nSPS) is 12.7. The van der Waals surface area contributed by atoms with Crippen LogP contribution in [-0.2, 0) is 6.54 Å². The van der Waals surface area contributed by atoms with Gasteiger partial charge in [0, 0.05) is 18.3 Å². The van der Waals surface area contributed by atoms with Crippen molar-refractivity contribution in [2.75, 3.05) is 6.54 Å². The molecule has 0 saturated heterocycles. The summed E-state index contributed by atoms with van der Waals surface area (Å²) in [6.45, 7) is 12.7. The Morgan fingerprint density at radius 3 is 2.58 bits per heavy atom. The Hall–Kier alpha value is -1.09. The highest BCUT2D eigenvalue weighted by atomic mass is 16.5. The highest BCUT2D eigenvalue weighted by Gasteiger charge is 2.09. The van der Waals surface area contributed by atoms with Gasteiger partial charge in [-0.2, -0.15) is 0 Å². The first-order valence-electron chi connectivity index (χ1n) is 7.36. The van der Waals surface area contributed by atoms with Crippen LogP contribution >= 0.6 is 0 Å². The van der Waals surface area contributed by atoms with Gasteiger partial charge in [0.2, 0.25) is 5.88 Å². The van der Waals surface area contributed by atoms with Crippen LogP contribution in [0, 0.1) is 12.8 Å². The van der Waals surface area contributed by atoms with Crippen LogP contribution in [0.25, 0.3) is 0 Å². The quantitative estimate of drug-likeness (QED) is 0.727. The first-order valence-corrected chi connectivity index (χ1v) is 7.36. The van der Waals surface area contributed by atoms with Crippen LogP contribution in [-0.4, -0.2) is 17.6 Å². The van der Waals surface area contributed by atoms with E-state index >= 15 is 0 Å². The number of hydrogen-bond donors (Lipinski definition) is 1. The summed E-state index contributed by atoms with van der Waals surface area (Å²) in [7, 11) is 0. The molecular weight excluding hydrogens is 236 g/mol. The second kappa shape index (κ2) is 8.16. The largest absolute Gasteiger partial charge is 0.475 e. The van der Waals surface area contributed by atoms with Crippen LogP contribution in [0.1, 0.15) is 51.8 Å². The van der Waals surface area contributed by atoms with Gasteiger partial charge in [-0.3, -0.25) is 0 Å². The molecule has 0 aliphatic carbocycles. The molecule has 0 bridgehead atoms. The molecule has 0 fully saturated rings. The van der Waals surface area contributed by atoms with Gasteiger partial charge in [-0.1, -0.05) is 26.8 Å². The van der Waals surface area contributed by atoms with Gasteiger partial charge in [-0.05, 0) is 44.7 Å². The molecule has 1 rings (SSSR count). The van der Waals surface area contributed by atoms with Gasteiger partial charge in [0.15, 0.2) is 0 Å². The Labute approximate surface area is 117 Å². The lowest BCUT2D eigenvalue weighted by atomic mass is 10.1. The van der Waals surface area contributed by atoms with E-state index in [9.17, 15) is 0 Å². The van der Waals surface area contributed by atoms with Gasteiger partial charge in [0.1, 0.15) is 0 Å². The van der Waals surface area contributed by atoms with Crippen LogP contribution in [0.5, 0.6) is 5.88 Å². The number of ether oxygens (including phenoxy) is 1. The number of aryl methyl sites for hydroxylation is 1. The van der Waals surface area contributed by atoms with Crippen LogP contribution in [0.4, 0.5) is 0 Å². The zero-order chi connectivity index (χ0) is 14.3. The summed E-state index contributed by atoms with van der Waals surface area (Å²) in [4.78, 5) is 4.54. The molecule has 19 heavy (non-hydrogen) atoms. The van der Waals surface area contributed by atoms with E-state index in [1.807, 2.05) is 13.0 Å². The Balaban J connectivity index is 2.55. The van der Waals surface area contributed by atoms with Crippen molar-refractivity contribution in [1.82, 2.24) is 10.3 Å². The van der Waals surface area contributed by atoms with Crippen LogP contribution < -0.4 is 10.1 Å². The number of nitrogens with one attached hydrogen (secondary N) is 1. The molecule has 1 unspecified atom stereocenters. The van der Waals surface area contributed by atoms with Gasteiger partial charge in [-0.25, -0.2) is 4.98 Å². The van der Waals surface area contributed by atoms with Gasteiger partial charge in [0.25, 0.3) is 0 Å². The van der Waals surface area contributed by atoms with Gasteiger partial charge < -0.3 is 10.1 Å². The smallest absolute Gasteiger partial charge is 0.213 e. The van der Waals surface area contributed by atoms with Crippen molar-refractivity contribution < 1.29 is 4.74 Å². The minimum atomic E-state index is 0.218. The van der Waals surface area contributed by atoms with Crippen molar-refractivity contribution in [1.29, 1.82) is 0 Å². The van der Waals surface area contributed by atoms with Gasteiger partial charge in [-0.15, -0.1) is 0 Å². The van der Waals surface area contributed by atoms with E-state index in [2.05, 4.69) is 44.1 Å². The van der Waals surface area contributed by atoms with E-state index in [-0.39, 0.29) is 6.10 Å². The number of nitrogens with zero attached hydrogens (tertiary/aromatic N) is 1. The third-order valence-corrected chi connectivity index (χ3v) is 3.04. The maximum atomic E-state index is 5.86. The minimum absolute atomic E-state index is 0.218. The molecular formula is C16H28N2O. The lowest BCUT2D eigenvalue weighted by molar-refractivity contribution is 0.185. The topological polar surface area (TPSA) is 34.1 Å². The Kier molecular flexibility index (Phi) is 6.85. The summed E-state index contributed by atoms with van der Waals surface area (Å²) >= 11 is 0. The molecule has 1 N–H and O–H groups in total. The Bertz CT molecular complexity index is 377. The fraction of sp³-hybridized carbons (Fsp3) is 0.688. The van der Waals surface area contributed by atoms with E-state index in [1.54, 1.807) is 0 Å². The van der Waals surface area contributed by atoms with Crippen LogP contribution in [0.3, 0.4) is 0 Å². The molecule has 108 valence electrons. The summed E-state index contributed by atoms with van der Waals surface area (Å²) in [5.74, 6) is 1.39. The maximum Gasteiger partial charge on any atom is 0.213 e. The van der Waals surface area contributed by atoms with Crippen molar-refractivity contribution in [3.05, 3.63) is 23.4 Å². The summed E-state index contributed by atoms with van der Waals surface area (Å²) < 4.78 is 5.86. The average Bonchev–Trinajstić information content (AvgIpc) is 2.31. The second-order valence-electron chi connectivity index (χ2n) is 5.63. The third kappa shape index (κ3) is 6.06. The average molecular weight is 264 g/mol. The molecule has 1 aromatic rings. The monoisotopic (exact) mass is 264 g/mol. The zero-order valence-electron chi connectivity index (χ0n) is 13.0. The maximum absolute atomic E-state index is 5.86. The van der Waals surface area contributed by atoms with E-state index in [4.69, 9.17) is 4.74 Å². The van der Waals surface area contributed by atoms with Crippen molar-refractivity contribution in [2.24, 2.45) is 5.92 Å². The lowest BCUT2D eigenvalue weighted by Crippen LogP contribution is -2.17. The third-order valence-electron chi connectivity index (χ3n) is 3.04. The molecule has 1 atom stereocenters. The summed E-state index contributed by atoms with van der Waals surface area (Å²) in [5.41, 5.74) is 2.30. The van der Waals surface area contributed by atoms with Crippen molar-refractivity contribution in [2.45, 2.75) is 60.1 Å². The number of aromatic nitrogens is 1. The number of rotatable bonds is 8. The van der Waals surface area contributed by atoms with E-state index in [0.717, 1.165) is 37.5 Å². The molecule has 0 amide bonds. The minimum Gasteiger partial charge on any atom is -0.475 e. The first kappa shape index (κ1) is 16.0. The Morgan fingerprint density at radius 2 is 2.00 bits per heavy atom. The lowest BCUT2D eigenvalue weighted by Gasteiger charge is -2.16. The SMILES string of the molecule is CCCNCc1ccc(OC(C)CC(C)C)nc1C. The molecule has 0 aromatic carbocycles. The molecule has 1 aromatic heterocycles. The fourth-order valence-electron chi connectivity index (χ4n) is 2.14. The van der Waals surface area contributed by atoms with E-state index < -0.39 is 0 Å². The predicted octanol–water partition coefficient (Wildman–Crippen LogP) is 3.70. The molecule has 1 heterocycles. The van der Waals surface area contributed by atoms with Crippen molar-refractivity contribution in [3.8, 4) is 5.88 Å². The molecule has 0 saturated carbocycles. The molecule has 0 radical (unpaired) electrons. The number of hydrogen-bond acceptors (Lipinski definition) is 3. The first-order chi connectivity index (χ1) is 9.02. The highest BCUT2D eigenvalue weighted by molar-refractivity contribution is 5.25. The molecule has 3 nitrogen and oxygen atoms in total. The van der Waals surface area contributed by atoms with Gasteiger partial charge in [0.05, 0.1) is 6.10 Å². The standard InChI is InChI=1S/C16H28N2O/c1-6-9-17-11-15-7-8-16(18-14(15)5)19-13(4)10-12(2)3/h7-8,12-13,17H,6,9-11H2,1-5H3. The van der Waals surface area contributed by atoms with E-state index in [0.29, 0.717) is 5.92 Å². The van der Waals surface area contributed by atoms with Crippen LogP contribution in [0.2, 0.25) is 0 Å². The molecule has 0 aliphatic heterocycles. The van der Waals surface area contributed by atoms with Crippen molar-refractivity contribution >= 4 is 0 Å². The van der Waals surface area contributed by atoms with Crippen LogP contribution in [0.15, 0.2) is 12.1 Å². The Morgan fingerprint density at radius 1 is 1.26 bits per heavy atom. The zero-order valence-corrected chi connectivity index (χ0v) is 13.0. The fourth-order valence-corrected chi connectivity index (χ4v) is 2.14. The van der Waals surface area contributed by atoms with E-state index in [1.165, 1.54) is 5.56 Å². The molecule has 3 heteroatoms. The summed E-state index contributed by atoms with van der Waals surface area (Å²) in [5, 5.41) is 3.40. The second-order valence-corrected chi connectivity index (χ2v) is 5.63.